The van der Waals surface area contributed by atoms with Gasteiger partial charge in [0.1, 0.15) is 17.8 Å². The zero-order valence-electron chi connectivity index (χ0n) is 18.5. The lowest BCUT2D eigenvalue weighted by Gasteiger charge is -2.23. The van der Waals surface area contributed by atoms with Gasteiger partial charge in [-0.2, -0.15) is 0 Å². The van der Waals surface area contributed by atoms with E-state index in [1.807, 2.05) is 0 Å². The number of nitrogens with one attached hydrogen (secondary N) is 2. The van der Waals surface area contributed by atoms with E-state index in [9.17, 15) is 29.4 Å². The molecule has 182 valence electrons. The van der Waals surface area contributed by atoms with Gasteiger partial charge in [0.05, 0.1) is 12.6 Å². The van der Waals surface area contributed by atoms with Crippen molar-refractivity contribution in [2.45, 2.75) is 56.7 Å². The molecule has 3 atom stereocenters. The number of phenols is 1. The molecule has 1 aromatic rings. The Morgan fingerprint density at radius 1 is 1.12 bits per heavy atom. The Kier molecular flexibility index (Phi) is 10.1. The number of phenolic OH excluding ortho intramolecular Hbond substituents is 1. The number of carbonyl (C=O) groups excluding carboxylic acids is 3. The first-order valence-electron chi connectivity index (χ1n) is 11.1. The predicted octanol–water partition coefficient (Wildman–Crippen LogP) is -0.932. The highest BCUT2D eigenvalue weighted by atomic mass is 16.4. The second-order valence-electron chi connectivity index (χ2n) is 8.12. The minimum Gasteiger partial charge on any atom is -0.508 e. The van der Waals surface area contributed by atoms with Crippen molar-refractivity contribution >= 4 is 23.7 Å². The highest BCUT2D eigenvalue weighted by Crippen LogP contribution is 2.17. The second-order valence-corrected chi connectivity index (χ2v) is 8.12. The molecular formula is C22H33N5O6. The maximum Gasteiger partial charge on any atom is 0.326 e. The summed E-state index contributed by atoms with van der Waals surface area (Å²) in [6.45, 7) is 0.409. The zero-order chi connectivity index (χ0) is 24.4. The van der Waals surface area contributed by atoms with Crippen molar-refractivity contribution in [3.8, 4) is 5.75 Å². The molecule has 0 spiro atoms. The molecule has 11 nitrogen and oxygen atoms in total. The van der Waals surface area contributed by atoms with Gasteiger partial charge in [0.2, 0.25) is 17.7 Å². The van der Waals surface area contributed by atoms with Gasteiger partial charge in [-0.3, -0.25) is 14.4 Å². The van der Waals surface area contributed by atoms with Crippen molar-refractivity contribution in [1.29, 1.82) is 0 Å². The lowest BCUT2D eigenvalue weighted by Crippen LogP contribution is -2.53. The Labute approximate surface area is 192 Å². The molecule has 1 fully saturated rings. The molecule has 0 aliphatic carbocycles. The van der Waals surface area contributed by atoms with E-state index in [0.717, 1.165) is 5.56 Å². The summed E-state index contributed by atoms with van der Waals surface area (Å²) >= 11 is 0. The highest BCUT2D eigenvalue weighted by Gasteiger charge is 2.34. The van der Waals surface area contributed by atoms with Crippen molar-refractivity contribution in [2.75, 3.05) is 19.6 Å². The third-order valence-corrected chi connectivity index (χ3v) is 5.58. The average molecular weight is 464 g/mol. The largest absolute Gasteiger partial charge is 0.508 e. The number of hydrogen-bond acceptors (Lipinski definition) is 7. The Morgan fingerprint density at radius 2 is 1.82 bits per heavy atom. The quantitative estimate of drug-likeness (QED) is 0.214. The van der Waals surface area contributed by atoms with Gasteiger partial charge in [-0.15, -0.1) is 0 Å². The molecule has 1 aliphatic heterocycles. The summed E-state index contributed by atoms with van der Waals surface area (Å²) in [5, 5.41) is 23.7. The highest BCUT2D eigenvalue weighted by molar-refractivity contribution is 5.92. The first-order chi connectivity index (χ1) is 15.7. The number of nitrogens with zero attached hydrogens (tertiary/aromatic N) is 1. The molecule has 3 amide bonds. The fraction of sp³-hybridized carbons (Fsp3) is 0.545. The molecule has 1 aromatic carbocycles. The van der Waals surface area contributed by atoms with E-state index in [1.54, 1.807) is 12.1 Å². The van der Waals surface area contributed by atoms with Crippen LogP contribution in [0.4, 0.5) is 0 Å². The molecule has 2 rings (SSSR count). The Bertz CT molecular complexity index is 831. The van der Waals surface area contributed by atoms with E-state index in [0.29, 0.717) is 45.2 Å². The molecule has 3 unspecified atom stereocenters. The van der Waals surface area contributed by atoms with Gasteiger partial charge in [0.25, 0.3) is 0 Å². The number of likely N-dealkylation sites (tertiary alicyclic amines) is 1. The summed E-state index contributed by atoms with van der Waals surface area (Å²) in [4.78, 5) is 50.2. The molecule has 1 saturated heterocycles. The smallest absolute Gasteiger partial charge is 0.326 e. The van der Waals surface area contributed by atoms with Gasteiger partial charge in [-0.25, -0.2) is 4.79 Å². The molecule has 0 bridgehead atoms. The molecule has 11 heteroatoms. The third kappa shape index (κ3) is 8.03. The van der Waals surface area contributed by atoms with Crippen molar-refractivity contribution in [2.24, 2.45) is 11.5 Å². The number of benzene rings is 1. The number of rotatable bonds is 12. The summed E-state index contributed by atoms with van der Waals surface area (Å²) in [5.41, 5.74) is 12.3. The lowest BCUT2D eigenvalue weighted by molar-refractivity contribution is -0.148. The minimum absolute atomic E-state index is 0.103. The summed E-state index contributed by atoms with van der Waals surface area (Å²) in [6.07, 6.45) is 2.75. The summed E-state index contributed by atoms with van der Waals surface area (Å²) in [6, 6.07) is 3.60. The fourth-order valence-corrected chi connectivity index (χ4v) is 3.73. The fourth-order valence-electron chi connectivity index (χ4n) is 3.73. The number of carboxylic acid groups (broad SMARTS) is 1. The van der Waals surface area contributed by atoms with Crippen LogP contribution in [0.5, 0.6) is 5.75 Å². The Morgan fingerprint density at radius 3 is 2.45 bits per heavy atom. The molecular weight excluding hydrogens is 430 g/mol. The summed E-state index contributed by atoms with van der Waals surface area (Å²) in [5.74, 6) is -2.51. The minimum atomic E-state index is -1.07. The normalized spacial score (nSPS) is 17.3. The van der Waals surface area contributed by atoms with Gasteiger partial charge >= 0.3 is 5.97 Å². The Balaban J connectivity index is 1.93. The molecule has 0 saturated carbocycles. The number of aromatic hydroxyl groups is 1. The number of unbranched alkanes of at least 4 members (excludes halogenated alkanes) is 1. The van der Waals surface area contributed by atoms with Crippen LogP contribution < -0.4 is 22.1 Å². The predicted molar refractivity (Wildman–Crippen MR) is 120 cm³/mol. The molecule has 1 aliphatic rings. The van der Waals surface area contributed by atoms with Crippen LogP contribution >= 0.6 is 0 Å². The molecule has 1 heterocycles. The van der Waals surface area contributed by atoms with E-state index in [-0.39, 0.29) is 18.7 Å². The van der Waals surface area contributed by atoms with Gasteiger partial charge in [0, 0.05) is 6.54 Å². The topological polar surface area (TPSA) is 188 Å². The SMILES string of the molecule is NCCCCC(NC(=O)C(N)Cc1ccc(O)cc1)C(=O)NCC(=O)N1CCCC1C(=O)O. The van der Waals surface area contributed by atoms with Gasteiger partial charge in [-0.05, 0) is 62.8 Å². The van der Waals surface area contributed by atoms with E-state index >= 15 is 0 Å². The second kappa shape index (κ2) is 12.8. The molecule has 8 N–H and O–H groups in total. The van der Waals surface area contributed by atoms with Crippen molar-refractivity contribution in [3.63, 3.8) is 0 Å². The number of nitrogens with two attached hydrogens (primary N) is 2. The number of hydrogen-bond donors (Lipinski definition) is 6. The van der Waals surface area contributed by atoms with Crippen LogP contribution in [0.25, 0.3) is 0 Å². The average Bonchev–Trinajstić information content (AvgIpc) is 3.28. The van der Waals surface area contributed by atoms with Gasteiger partial charge < -0.3 is 37.2 Å². The van der Waals surface area contributed by atoms with E-state index < -0.39 is 41.8 Å². The van der Waals surface area contributed by atoms with Crippen molar-refractivity contribution < 1.29 is 29.4 Å². The van der Waals surface area contributed by atoms with Gasteiger partial charge in [0.15, 0.2) is 0 Å². The third-order valence-electron chi connectivity index (χ3n) is 5.58. The summed E-state index contributed by atoms with van der Waals surface area (Å²) < 4.78 is 0. The first-order valence-corrected chi connectivity index (χ1v) is 11.1. The number of carboxylic acids is 1. The standard InChI is InChI=1S/C22H33N5O6/c23-10-2-1-4-17(26-20(30)16(24)12-14-6-8-15(28)9-7-14)21(31)25-13-19(29)27-11-3-5-18(27)22(32)33/h6-9,16-18,28H,1-5,10-13,23-24H2,(H,25,31)(H,26,30)(H,32,33). The number of carbonyl (C=O) groups is 4. The first kappa shape index (κ1) is 26.1. The van der Waals surface area contributed by atoms with Gasteiger partial charge in [-0.1, -0.05) is 12.1 Å². The maximum atomic E-state index is 12.7. The van der Waals surface area contributed by atoms with E-state index in [1.165, 1.54) is 17.0 Å². The zero-order valence-corrected chi connectivity index (χ0v) is 18.5. The molecule has 33 heavy (non-hydrogen) atoms. The van der Waals surface area contributed by atoms with Crippen LogP contribution in [-0.4, -0.2) is 76.6 Å². The number of aliphatic carboxylic acids is 1. The monoisotopic (exact) mass is 463 g/mol. The maximum absolute atomic E-state index is 12.7. The van der Waals surface area contributed by atoms with Crippen LogP contribution in [0, 0.1) is 0 Å². The molecule has 0 aromatic heterocycles. The lowest BCUT2D eigenvalue weighted by atomic mass is 10.0. The Hall–Kier alpha value is -3.18. The van der Waals surface area contributed by atoms with Crippen LogP contribution in [0.3, 0.4) is 0 Å². The van der Waals surface area contributed by atoms with Crippen LogP contribution in [-0.2, 0) is 25.6 Å². The van der Waals surface area contributed by atoms with Crippen LogP contribution in [0.1, 0.15) is 37.7 Å². The van der Waals surface area contributed by atoms with Crippen LogP contribution in [0.15, 0.2) is 24.3 Å². The van der Waals surface area contributed by atoms with Crippen LogP contribution in [0.2, 0.25) is 0 Å². The van der Waals surface area contributed by atoms with Crippen molar-refractivity contribution in [3.05, 3.63) is 29.8 Å². The van der Waals surface area contributed by atoms with E-state index in [2.05, 4.69) is 10.6 Å². The van der Waals surface area contributed by atoms with Crippen molar-refractivity contribution in [1.82, 2.24) is 15.5 Å². The van der Waals surface area contributed by atoms with E-state index in [4.69, 9.17) is 11.5 Å². The molecule has 0 radical (unpaired) electrons. The summed E-state index contributed by atoms with van der Waals surface area (Å²) in [7, 11) is 0. The number of amides is 3.